The number of unbranched alkanes of at least 4 members (excludes halogenated alkanes) is 2. The average molecular weight is 202 g/mol. The molecule has 13 heavy (non-hydrogen) atoms. The molecule has 0 radical (unpaired) electrons. The second kappa shape index (κ2) is 7.65. The molecular formula is C10H22N2S. The van der Waals surface area contributed by atoms with Gasteiger partial charge < -0.3 is 10.6 Å². The smallest absolute Gasteiger partial charge is 0.0204 e. The predicted molar refractivity (Wildman–Crippen MR) is 61.5 cm³/mol. The van der Waals surface area contributed by atoms with Crippen LogP contribution in [0.5, 0.6) is 0 Å². The van der Waals surface area contributed by atoms with Crippen molar-refractivity contribution < 1.29 is 0 Å². The van der Waals surface area contributed by atoms with Crippen LogP contribution in [0, 0.1) is 0 Å². The first-order valence-corrected chi connectivity index (χ1v) is 6.76. The summed E-state index contributed by atoms with van der Waals surface area (Å²) in [7, 11) is 0. The lowest BCUT2D eigenvalue weighted by molar-refractivity contribution is 0.525. The molecule has 1 aliphatic heterocycles. The van der Waals surface area contributed by atoms with Crippen molar-refractivity contribution in [3.8, 4) is 0 Å². The summed E-state index contributed by atoms with van der Waals surface area (Å²) in [4.78, 5) is 0. The van der Waals surface area contributed by atoms with Crippen LogP contribution in [0.2, 0.25) is 0 Å². The maximum Gasteiger partial charge on any atom is 0.0204 e. The van der Waals surface area contributed by atoms with Crippen LogP contribution in [0.4, 0.5) is 0 Å². The van der Waals surface area contributed by atoms with Crippen molar-refractivity contribution >= 4 is 11.8 Å². The maximum absolute atomic E-state index is 3.59. The summed E-state index contributed by atoms with van der Waals surface area (Å²) in [5, 5.41) is 6.96. The Bertz CT molecular complexity index is 113. The van der Waals surface area contributed by atoms with Crippen LogP contribution in [-0.2, 0) is 0 Å². The molecule has 78 valence electrons. The first-order valence-electron chi connectivity index (χ1n) is 5.36. The molecule has 0 spiro atoms. The minimum absolute atomic E-state index is 0.751. The van der Waals surface area contributed by atoms with Crippen molar-refractivity contribution in [2.75, 3.05) is 31.6 Å². The number of rotatable bonds is 7. The van der Waals surface area contributed by atoms with E-state index in [2.05, 4.69) is 16.9 Å². The Morgan fingerprint density at radius 2 is 2.31 bits per heavy atom. The normalized spacial score (nSPS) is 22.4. The van der Waals surface area contributed by atoms with Crippen molar-refractivity contribution in [1.29, 1.82) is 0 Å². The molecule has 1 saturated heterocycles. The topological polar surface area (TPSA) is 24.1 Å². The van der Waals surface area contributed by atoms with Crippen LogP contribution in [0.1, 0.15) is 25.7 Å². The van der Waals surface area contributed by atoms with Gasteiger partial charge in [0.25, 0.3) is 0 Å². The maximum atomic E-state index is 3.59. The highest BCUT2D eigenvalue weighted by atomic mass is 32.2. The SMILES string of the molecule is CSCCCCCNC1CCNC1. The van der Waals surface area contributed by atoms with Gasteiger partial charge in [-0.05, 0) is 44.4 Å². The summed E-state index contributed by atoms with van der Waals surface area (Å²) < 4.78 is 0. The molecule has 3 heteroatoms. The molecule has 0 aromatic carbocycles. The summed E-state index contributed by atoms with van der Waals surface area (Å²) in [6, 6.07) is 0.751. The number of hydrogen-bond acceptors (Lipinski definition) is 3. The standard InChI is InChI=1S/C10H22N2S/c1-13-8-4-2-3-6-12-10-5-7-11-9-10/h10-12H,2-9H2,1H3. The second-order valence-corrected chi connectivity index (χ2v) is 4.68. The molecule has 0 aromatic rings. The zero-order valence-corrected chi connectivity index (χ0v) is 9.46. The number of nitrogens with one attached hydrogen (secondary N) is 2. The van der Waals surface area contributed by atoms with Crippen LogP contribution >= 0.6 is 11.8 Å². The van der Waals surface area contributed by atoms with Gasteiger partial charge in [0.1, 0.15) is 0 Å². The number of hydrogen-bond donors (Lipinski definition) is 2. The van der Waals surface area contributed by atoms with Crippen LogP contribution in [-0.4, -0.2) is 37.7 Å². The molecule has 2 nitrogen and oxygen atoms in total. The van der Waals surface area contributed by atoms with Crippen molar-refractivity contribution in [1.82, 2.24) is 10.6 Å². The van der Waals surface area contributed by atoms with Crippen LogP contribution in [0.3, 0.4) is 0 Å². The molecule has 2 N–H and O–H groups in total. The van der Waals surface area contributed by atoms with Crippen molar-refractivity contribution in [3.63, 3.8) is 0 Å². The lowest BCUT2D eigenvalue weighted by Crippen LogP contribution is -2.31. The predicted octanol–water partition coefficient (Wildman–Crippen LogP) is 1.47. The fourth-order valence-electron chi connectivity index (χ4n) is 1.68. The number of thioether (sulfide) groups is 1. The Balaban J connectivity index is 1.78. The summed E-state index contributed by atoms with van der Waals surface area (Å²) >= 11 is 1.95. The Labute approximate surface area is 86.2 Å². The third-order valence-electron chi connectivity index (χ3n) is 2.52. The molecular weight excluding hydrogens is 180 g/mol. The molecule has 0 aliphatic carbocycles. The molecule has 1 rings (SSSR count). The van der Waals surface area contributed by atoms with Gasteiger partial charge in [0.05, 0.1) is 0 Å². The highest BCUT2D eigenvalue weighted by Crippen LogP contribution is 2.02. The first-order chi connectivity index (χ1) is 6.43. The van der Waals surface area contributed by atoms with Gasteiger partial charge in [-0.3, -0.25) is 0 Å². The Kier molecular flexibility index (Phi) is 6.68. The molecule has 1 unspecified atom stereocenters. The van der Waals surface area contributed by atoms with Crippen LogP contribution in [0.15, 0.2) is 0 Å². The van der Waals surface area contributed by atoms with Gasteiger partial charge in [0.15, 0.2) is 0 Å². The fraction of sp³-hybridized carbons (Fsp3) is 1.00. The molecule has 0 amide bonds. The molecule has 0 saturated carbocycles. The molecule has 1 fully saturated rings. The lowest BCUT2D eigenvalue weighted by Gasteiger charge is -2.10. The Morgan fingerprint density at radius 3 is 3.00 bits per heavy atom. The average Bonchev–Trinajstić information content (AvgIpc) is 2.63. The van der Waals surface area contributed by atoms with E-state index < -0.39 is 0 Å². The van der Waals surface area contributed by atoms with Crippen molar-refractivity contribution in [2.24, 2.45) is 0 Å². The molecule has 1 atom stereocenters. The van der Waals surface area contributed by atoms with Gasteiger partial charge in [-0.15, -0.1) is 0 Å². The van der Waals surface area contributed by atoms with Gasteiger partial charge in [0.2, 0.25) is 0 Å². The first kappa shape index (κ1) is 11.3. The van der Waals surface area contributed by atoms with E-state index in [0.29, 0.717) is 0 Å². The zero-order valence-electron chi connectivity index (χ0n) is 8.64. The summed E-state index contributed by atoms with van der Waals surface area (Å²) in [6.07, 6.45) is 7.60. The second-order valence-electron chi connectivity index (χ2n) is 3.70. The molecule has 0 aromatic heterocycles. The summed E-state index contributed by atoms with van der Waals surface area (Å²) in [5.41, 5.74) is 0. The minimum atomic E-state index is 0.751. The van der Waals surface area contributed by atoms with Gasteiger partial charge in [-0.1, -0.05) is 6.42 Å². The van der Waals surface area contributed by atoms with Gasteiger partial charge in [0, 0.05) is 12.6 Å². The van der Waals surface area contributed by atoms with Gasteiger partial charge >= 0.3 is 0 Å². The quantitative estimate of drug-likeness (QED) is 0.611. The molecule has 1 aliphatic rings. The van der Waals surface area contributed by atoms with Crippen LogP contribution < -0.4 is 10.6 Å². The van der Waals surface area contributed by atoms with Gasteiger partial charge in [-0.25, -0.2) is 0 Å². The molecule has 0 bridgehead atoms. The third-order valence-corrected chi connectivity index (χ3v) is 3.22. The van der Waals surface area contributed by atoms with Crippen LogP contribution in [0.25, 0.3) is 0 Å². The Morgan fingerprint density at radius 1 is 1.38 bits per heavy atom. The largest absolute Gasteiger partial charge is 0.315 e. The van der Waals surface area contributed by atoms with E-state index in [1.165, 1.54) is 51.1 Å². The summed E-state index contributed by atoms with van der Waals surface area (Å²) in [5.74, 6) is 1.32. The highest BCUT2D eigenvalue weighted by molar-refractivity contribution is 7.98. The highest BCUT2D eigenvalue weighted by Gasteiger charge is 2.12. The zero-order chi connectivity index (χ0) is 9.36. The van der Waals surface area contributed by atoms with Gasteiger partial charge in [-0.2, -0.15) is 11.8 Å². The monoisotopic (exact) mass is 202 g/mol. The molecule has 1 heterocycles. The minimum Gasteiger partial charge on any atom is -0.315 e. The Hall–Kier alpha value is 0.270. The fourth-order valence-corrected chi connectivity index (χ4v) is 2.18. The van der Waals surface area contributed by atoms with E-state index in [-0.39, 0.29) is 0 Å². The third kappa shape index (κ3) is 5.55. The van der Waals surface area contributed by atoms with E-state index in [1.54, 1.807) is 0 Å². The van der Waals surface area contributed by atoms with E-state index in [4.69, 9.17) is 0 Å². The van der Waals surface area contributed by atoms with Crippen molar-refractivity contribution in [2.45, 2.75) is 31.7 Å². The van der Waals surface area contributed by atoms with Crippen molar-refractivity contribution in [3.05, 3.63) is 0 Å². The van der Waals surface area contributed by atoms with E-state index in [9.17, 15) is 0 Å². The summed E-state index contributed by atoms with van der Waals surface area (Å²) in [6.45, 7) is 3.58. The lowest BCUT2D eigenvalue weighted by atomic mass is 10.2. The van der Waals surface area contributed by atoms with E-state index >= 15 is 0 Å². The van der Waals surface area contributed by atoms with E-state index in [1.807, 2.05) is 11.8 Å². The van der Waals surface area contributed by atoms with E-state index in [0.717, 1.165) is 6.04 Å².